The highest BCUT2D eigenvalue weighted by atomic mass is 16.5. The van der Waals surface area contributed by atoms with Crippen molar-refractivity contribution < 1.29 is 5.21 Å². The smallest absolute Gasteiger partial charge is 0.0347 e. The Morgan fingerprint density at radius 3 is 1.07 bits per heavy atom. The van der Waals surface area contributed by atoms with Crippen LogP contribution in [0.3, 0.4) is 0 Å². The number of hydrogen-bond acceptors (Lipinski definition) is 2. The van der Waals surface area contributed by atoms with Gasteiger partial charge in [-0.05, 0) is 12.8 Å². The lowest BCUT2D eigenvalue weighted by Crippen LogP contribution is -2.31. The molecule has 0 aromatic carbocycles. The number of unbranched alkanes of at least 4 members (excludes halogenated alkanes) is 19. The summed E-state index contributed by atoms with van der Waals surface area (Å²) >= 11 is 0. The van der Waals surface area contributed by atoms with Crippen LogP contribution in [-0.4, -0.2) is 22.9 Å². The molecule has 0 aromatic heterocycles. The molecule has 2 nitrogen and oxygen atoms in total. The Morgan fingerprint density at radius 1 is 0.483 bits per heavy atom. The summed E-state index contributed by atoms with van der Waals surface area (Å²) < 4.78 is 0. The van der Waals surface area contributed by atoms with Crippen molar-refractivity contribution in [1.82, 2.24) is 5.06 Å². The molecule has 0 amide bonds. The lowest BCUT2D eigenvalue weighted by molar-refractivity contribution is -0.125. The first-order valence-corrected chi connectivity index (χ1v) is 13.7. The third-order valence-corrected chi connectivity index (χ3v) is 6.61. The molecular formula is C27H57NO. The van der Waals surface area contributed by atoms with Gasteiger partial charge in [0.15, 0.2) is 0 Å². The first kappa shape index (κ1) is 28.9. The van der Waals surface area contributed by atoms with Gasteiger partial charge in [-0.25, -0.2) is 0 Å². The maximum Gasteiger partial charge on any atom is 0.0347 e. The number of rotatable bonds is 24. The van der Waals surface area contributed by atoms with Crippen LogP contribution in [-0.2, 0) is 0 Å². The lowest BCUT2D eigenvalue weighted by atomic mass is 10.0. The summed E-state index contributed by atoms with van der Waals surface area (Å²) in [4.78, 5) is 0. The van der Waals surface area contributed by atoms with Crippen LogP contribution in [0.15, 0.2) is 0 Å². The molecule has 0 aromatic rings. The summed E-state index contributed by atoms with van der Waals surface area (Å²) in [6.45, 7) is 7.25. The monoisotopic (exact) mass is 411 g/mol. The van der Waals surface area contributed by atoms with E-state index in [4.69, 9.17) is 0 Å². The van der Waals surface area contributed by atoms with Crippen LogP contribution >= 0.6 is 0 Å². The molecule has 0 aliphatic carbocycles. The van der Waals surface area contributed by atoms with Gasteiger partial charge >= 0.3 is 0 Å². The Morgan fingerprint density at radius 2 is 0.793 bits per heavy atom. The highest BCUT2D eigenvalue weighted by Gasteiger charge is 2.11. The van der Waals surface area contributed by atoms with Crippen LogP contribution < -0.4 is 0 Å². The van der Waals surface area contributed by atoms with Gasteiger partial charge in [-0.15, -0.1) is 0 Å². The quantitative estimate of drug-likeness (QED) is 0.126. The van der Waals surface area contributed by atoms with Crippen LogP contribution in [0.5, 0.6) is 0 Å². The summed E-state index contributed by atoms with van der Waals surface area (Å²) in [5.41, 5.74) is 0. The molecule has 0 aliphatic heterocycles. The molecule has 0 fully saturated rings. The molecule has 1 N–H and O–H groups in total. The Balaban J connectivity index is 3.13. The summed E-state index contributed by atoms with van der Waals surface area (Å²) in [6.07, 6.45) is 30.9. The van der Waals surface area contributed by atoms with Gasteiger partial charge in [0.2, 0.25) is 0 Å². The molecule has 0 saturated carbocycles. The predicted octanol–water partition coefficient (Wildman–Crippen LogP) is 9.69. The molecule has 29 heavy (non-hydrogen) atoms. The van der Waals surface area contributed by atoms with Crippen LogP contribution in [0.25, 0.3) is 0 Å². The molecule has 0 radical (unpaired) electrons. The number of hydroxylamine groups is 2. The highest BCUT2D eigenvalue weighted by Crippen LogP contribution is 2.16. The standard InChI is InChI=1S/C27H57NO/c1-4-7-8-9-10-11-12-13-14-15-16-17-18-19-20-21-22-23-24-25-26-27(5-2)28(29)6-3/h27,29H,4-26H2,1-3H3. The lowest BCUT2D eigenvalue weighted by Gasteiger charge is -2.23. The van der Waals surface area contributed by atoms with E-state index in [-0.39, 0.29) is 0 Å². The fourth-order valence-electron chi connectivity index (χ4n) is 4.46. The topological polar surface area (TPSA) is 23.5 Å². The van der Waals surface area contributed by atoms with Gasteiger partial charge in [0.25, 0.3) is 0 Å². The van der Waals surface area contributed by atoms with Crippen molar-refractivity contribution in [3.63, 3.8) is 0 Å². The minimum absolute atomic E-state index is 0.371. The maximum atomic E-state index is 9.81. The third-order valence-electron chi connectivity index (χ3n) is 6.61. The van der Waals surface area contributed by atoms with E-state index in [9.17, 15) is 5.21 Å². The zero-order valence-electron chi connectivity index (χ0n) is 20.7. The highest BCUT2D eigenvalue weighted by molar-refractivity contribution is 4.62. The molecule has 0 saturated heterocycles. The Bertz CT molecular complexity index is 294. The molecule has 2 heteroatoms. The minimum Gasteiger partial charge on any atom is -0.314 e. The zero-order chi connectivity index (χ0) is 21.4. The average Bonchev–Trinajstić information content (AvgIpc) is 2.74. The van der Waals surface area contributed by atoms with Crippen molar-refractivity contribution >= 4 is 0 Å². The first-order chi connectivity index (χ1) is 14.3. The molecule has 176 valence electrons. The van der Waals surface area contributed by atoms with E-state index in [0.717, 1.165) is 19.4 Å². The maximum absolute atomic E-state index is 9.81. The van der Waals surface area contributed by atoms with Crippen LogP contribution in [0, 0.1) is 0 Å². The Labute approximate surface area is 185 Å². The van der Waals surface area contributed by atoms with Gasteiger partial charge in [0.05, 0.1) is 0 Å². The Kier molecular flexibility index (Phi) is 24.1. The fourth-order valence-corrected chi connectivity index (χ4v) is 4.46. The van der Waals surface area contributed by atoms with Crippen molar-refractivity contribution in [3.8, 4) is 0 Å². The second-order valence-electron chi connectivity index (χ2n) is 9.32. The van der Waals surface area contributed by atoms with Gasteiger partial charge in [0, 0.05) is 12.6 Å². The van der Waals surface area contributed by atoms with Crippen molar-refractivity contribution in [1.29, 1.82) is 0 Å². The summed E-state index contributed by atoms with van der Waals surface area (Å²) in [6, 6.07) is 0.371. The molecule has 0 rings (SSSR count). The van der Waals surface area contributed by atoms with Gasteiger partial charge < -0.3 is 5.21 Å². The van der Waals surface area contributed by atoms with Crippen molar-refractivity contribution in [2.45, 2.75) is 168 Å². The molecule has 0 bridgehead atoms. The van der Waals surface area contributed by atoms with Crippen molar-refractivity contribution in [2.75, 3.05) is 6.54 Å². The van der Waals surface area contributed by atoms with Crippen molar-refractivity contribution in [2.24, 2.45) is 0 Å². The largest absolute Gasteiger partial charge is 0.314 e. The van der Waals surface area contributed by atoms with Gasteiger partial charge in [-0.1, -0.05) is 149 Å². The van der Waals surface area contributed by atoms with Crippen molar-refractivity contribution in [3.05, 3.63) is 0 Å². The van der Waals surface area contributed by atoms with E-state index in [0.29, 0.717) is 6.04 Å². The zero-order valence-corrected chi connectivity index (χ0v) is 20.7. The van der Waals surface area contributed by atoms with Gasteiger partial charge in [-0.3, -0.25) is 0 Å². The summed E-state index contributed by atoms with van der Waals surface area (Å²) in [5.74, 6) is 0. The van der Waals surface area contributed by atoms with Crippen LogP contribution in [0.1, 0.15) is 162 Å². The predicted molar refractivity (Wildman–Crippen MR) is 131 cm³/mol. The van der Waals surface area contributed by atoms with E-state index in [1.54, 1.807) is 0 Å². The first-order valence-electron chi connectivity index (χ1n) is 13.7. The van der Waals surface area contributed by atoms with E-state index < -0.39 is 0 Å². The van der Waals surface area contributed by atoms with Crippen LogP contribution in [0.4, 0.5) is 0 Å². The third kappa shape index (κ3) is 21.0. The normalized spacial score (nSPS) is 12.7. The van der Waals surface area contributed by atoms with E-state index in [1.807, 2.05) is 6.92 Å². The summed E-state index contributed by atoms with van der Waals surface area (Å²) in [5, 5.41) is 11.3. The minimum atomic E-state index is 0.371. The SMILES string of the molecule is CCCCCCCCCCCCCCCCCCCCCCC(CC)N(O)CC. The van der Waals surface area contributed by atoms with E-state index >= 15 is 0 Å². The van der Waals surface area contributed by atoms with Crippen LogP contribution in [0.2, 0.25) is 0 Å². The second-order valence-corrected chi connectivity index (χ2v) is 9.32. The summed E-state index contributed by atoms with van der Waals surface area (Å²) in [7, 11) is 0. The molecule has 1 unspecified atom stereocenters. The van der Waals surface area contributed by atoms with Gasteiger partial charge in [-0.2, -0.15) is 5.06 Å². The molecule has 0 aliphatic rings. The average molecular weight is 412 g/mol. The number of hydrogen-bond donors (Lipinski definition) is 1. The molecular weight excluding hydrogens is 354 g/mol. The van der Waals surface area contributed by atoms with E-state index in [2.05, 4.69) is 13.8 Å². The molecule has 0 heterocycles. The second kappa shape index (κ2) is 24.2. The fraction of sp³-hybridized carbons (Fsp3) is 1.00. The van der Waals surface area contributed by atoms with Gasteiger partial charge in [0.1, 0.15) is 0 Å². The number of nitrogens with zero attached hydrogens (tertiary/aromatic N) is 1. The molecule has 1 atom stereocenters. The van der Waals surface area contributed by atoms with E-state index in [1.165, 1.54) is 133 Å². The molecule has 0 spiro atoms. The Hall–Kier alpha value is -0.0800.